The highest BCUT2D eigenvalue weighted by molar-refractivity contribution is 5.46. The number of hydrogen-bond donors (Lipinski definition) is 3. The fourth-order valence-electron chi connectivity index (χ4n) is 1.61. The van der Waals surface area contributed by atoms with Crippen molar-refractivity contribution in [1.29, 1.82) is 0 Å². The van der Waals surface area contributed by atoms with E-state index in [1.807, 2.05) is 6.92 Å². The van der Waals surface area contributed by atoms with Crippen LogP contribution in [0.4, 0.5) is 10.1 Å². The number of unbranched alkanes of at least 4 members (excludes halogenated alkanes) is 1. The largest absolute Gasteiger partial charge is 0.481 e. The number of ether oxygens (including phenoxy) is 1. The predicted molar refractivity (Wildman–Crippen MR) is 67.7 cm³/mol. The van der Waals surface area contributed by atoms with Crippen LogP contribution in [0.2, 0.25) is 0 Å². The second-order valence-electron chi connectivity index (χ2n) is 4.29. The molecule has 0 aliphatic rings. The van der Waals surface area contributed by atoms with E-state index < -0.39 is 11.9 Å². The minimum absolute atomic E-state index is 0.0875. The summed E-state index contributed by atoms with van der Waals surface area (Å²) in [4.78, 5) is 3.90. The number of anilines is 1. The van der Waals surface area contributed by atoms with Crippen molar-refractivity contribution in [2.45, 2.75) is 38.1 Å². The summed E-state index contributed by atoms with van der Waals surface area (Å²) in [7, 11) is 1.42. The number of aromatic nitrogens is 1. The number of aliphatic hydroxyl groups is 1. The molecule has 102 valence electrons. The minimum Gasteiger partial charge on any atom is -0.481 e. The van der Waals surface area contributed by atoms with Gasteiger partial charge >= 0.3 is 0 Å². The Bertz CT molecular complexity index is 399. The van der Waals surface area contributed by atoms with Crippen molar-refractivity contribution in [1.82, 2.24) is 4.98 Å². The van der Waals surface area contributed by atoms with E-state index >= 15 is 0 Å². The third-order valence-electron chi connectivity index (χ3n) is 2.75. The molecular weight excluding hydrogens is 237 g/mol. The molecule has 0 aromatic carbocycles. The monoisotopic (exact) mass is 257 g/mol. The Morgan fingerprint density at radius 1 is 1.56 bits per heavy atom. The average Bonchev–Trinajstić information content (AvgIpc) is 2.36. The van der Waals surface area contributed by atoms with Crippen molar-refractivity contribution < 1.29 is 14.2 Å². The number of nitrogens with zero attached hydrogens (tertiary/aromatic N) is 1. The number of hydrogen-bond acceptors (Lipinski definition) is 5. The van der Waals surface area contributed by atoms with Gasteiger partial charge in [-0.25, -0.2) is 9.37 Å². The summed E-state index contributed by atoms with van der Waals surface area (Å²) in [5, 5.41) is 9.92. The van der Waals surface area contributed by atoms with E-state index in [0.29, 0.717) is 6.42 Å². The highest BCUT2D eigenvalue weighted by Crippen LogP contribution is 2.33. The Hall–Kier alpha value is -1.40. The van der Waals surface area contributed by atoms with E-state index in [0.717, 1.165) is 6.42 Å². The van der Waals surface area contributed by atoms with Crippen LogP contribution in [-0.4, -0.2) is 22.9 Å². The molecule has 5 N–H and O–H groups in total. The molecule has 2 atom stereocenters. The molecule has 0 bridgehead atoms. The zero-order chi connectivity index (χ0) is 13.8. The van der Waals surface area contributed by atoms with Crippen molar-refractivity contribution in [3.05, 3.63) is 17.8 Å². The summed E-state index contributed by atoms with van der Waals surface area (Å²) >= 11 is 0. The molecule has 0 saturated carbocycles. The van der Waals surface area contributed by atoms with Crippen molar-refractivity contribution in [2.75, 3.05) is 12.8 Å². The first-order chi connectivity index (χ1) is 8.42. The number of rotatable bonds is 6. The third-order valence-corrected chi connectivity index (χ3v) is 2.75. The molecule has 0 aliphatic carbocycles. The first-order valence-corrected chi connectivity index (χ1v) is 5.88. The Morgan fingerprint density at radius 2 is 2.22 bits per heavy atom. The van der Waals surface area contributed by atoms with Crippen LogP contribution in [-0.2, 0) is 0 Å². The van der Waals surface area contributed by atoms with Gasteiger partial charge in [-0.3, -0.25) is 0 Å². The molecule has 0 amide bonds. The van der Waals surface area contributed by atoms with E-state index in [2.05, 4.69) is 4.98 Å². The van der Waals surface area contributed by atoms with Gasteiger partial charge in [-0.1, -0.05) is 13.3 Å². The lowest BCUT2D eigenvalue weighted by molar-refractivity contribution is -0.0417. The predicted octanol–water partition coefficient (Wildman–Crippen LogP) is 1.52. The van der Waals surface area contributed by atoms with E-state index in [1.165, 1.54) is 19.2 Å². The van der Waals surface area contributed by atoms with Crippen molar-refractivity contribution in [3.8, 4) is 5.88 Å². The molecule has 0 aliphatic heterocycles. The first kappa shape index (κ1) is 14.7. The van der Waals surface area contributed by atoms with Crippen LogP contribution in [0, 0.1) is 0 Å². The molecular formula is C12H20FN3O2. The van der Waals surface area contributed by atoms with Crippen LogP contribution >= 0.6 is 0 Å². The molecule has 1 heterocycles. The van der Waals surface area contributed by atoms with Gasteiger partial charge in [0.15, 0.2) is 11.9 Å². The normalized spacial score (nSPS) is 16.1. The average molecular weight is 257 g/mol. The summed E-state index contributed by atoms with van der Waals surface area (Å²) in [5.41, 5.74) is 9.31. The number of halogens is 1. The lowest BCUT2D eigenvalue weighted by Crippen LogP contribution is -2.44. The quantitative estimate of drug-likeness (QED) is 0.672. The van der Waals surface area contributed by atoms with Crippen molar-refractivity contribution >= 4 is 5.69 Å². The molecule has 0 fully saturated rings. The van der Waals surface area contributed by atoms with Gasteiger partial charge in [0.25, 0.3) is 0 Å². The number of nitrogens with two attached hydrogens (primary N) is 2. The summed E-state index contributed by atoms with van der Waals surface area (Å²) in [6, 6.07) is 3.00. The van der Waals surface area contributed by atoms with Crippen LogP contribution in [0.3, 0.4) is 0 Å². The summed E-state index contributed by atoms with van der Waals surface area (Å²) in [5.74, 6) is 0.230. The zero-order valence-corrected chi connectivity index (χ0v) is 10.7. The second-order valence-corrected chi connectivity index (χ2v) is 4.29. The zero-order valence-electron chi connectivity index (χ0n) is 10.7. The molecule has 6 heteroatoms. The molecule has 0 spiro atoms. The number of nitrogen functional groups attached to an aromatic ring is 1. The van der Waals surface area contributed by atoms with E-state index in [4.69, 9.17) is 16.2 Å². The number of alkyl halides is 1. The van der Waals surface area contributed by atoms with Crippen molar-refractivity contribution in [2.24, 2.45) is 5.73 Å². The molecule has 2 unspecified atom stereocenters. The van der Waals surface area contributed by atoms with E-state index in [1.54, 1.807) is 0 Å². The van der Waals surface area contributed by atoms with Crippen LogP contribution in [0.25, 0.3) is 0 Å². The minimum atomic E-state index is -1.97. The Labute approximate surface area is 106 Å². The van der Waals surface area contributed by atoms with Gasteiger partial charge in [-0.05, 0) is 18.9 Å². The van der Waals surface area contributed by atoms with Crippen LogP contribution < -0.4 is 16.2 Å². The topological polar surface area (TPSA) is 94.4 Å². The highest BCUT2D eigenvalue weighted by Gasteiger charge is 2.36. The molecule has 1 rings (SSSR count). The highest BCUT2D eigenvalue weighted by atomic mass is 19.1. The van der Waals surface area contributed by atoms with Gasteiger partial charge in [-0.15, -0.1) is 0 Å². The molecule has 1 aromatic heterocycles. The molecule has 5 nitrogen and oxygen atoms in total. The Morgan fingerprint density at radius 3 is 2.78 bits per heavy atom. The summed E-state index contributed by atoms with van der Waals surface area (Å²) in [6.45, 7) is 1.93. The van der Waals surface area contributed by atoms with Gasteiger partial charge in [0, 0.05) is 6.07 Å². The van der Waals surface area contributed by atoms with Gasteiger partial charge < -0.3 is 21.3 Å². The Kier molecular flexibility index (Phi) is 4.86. The van der Waals surface area contributed by atoms with Crippen LogP contribution in [0.1, 0.15) is 38.1 Å². The third kappa shape index (κ3) is 3.30. The van der Waals surface area contributed by atoms with E-state index in [-0.39, 0.29) is 23.7 Å². The summed E-state index contributed by atoms with van der Waals surface area (Å²) < 4.78 is 19.1. The second kappa shape index (κ2) is 5.97. The van der Waals surface area contributed by atoms with Gasteiger partial charge in [0.2, 0.25) is 5.88 Å². The van der Waals surface area contributed by atoms with Gasteiger partial charge in [-0.2, -0.15) is 0 Å². The fourth-order valence-corrected chi connectivity index (χ4v) is 1.61. The van der Waals surface area contributed by atoms with E-state index in [9.17, 15) is 9.50 Å². The molecule has 1 aromatic rings. The Balaban J connectivity index is 2.97. The van der Waals surface area contributed by atoms with Crippen molar-refractivity contribution in [3.63, 3.8) is 0 Å². The lowest BCUT2D eigenvalue weighted by Gasteiger charge is -2.27. The molecule has 18 heavy (non-hydrogen) atoms. The fraction of sp³-hybridized carbons (Fsp3) is 0.583. The van der Waals surface area contributed by atoms with Crippen LogP contribution in [0.15, 0.2) is 12.1 Å². The van der Waals surface area contributed by atoms with Crippen LogP contribution in [0.5, 0.6) is 5.88 Å². The standard InChI is InChI=1S/C12H20FN3O2/c1-3-4-7-12(15,17)11(13)10-8(14)5-6-9(16-10)18-2/h5-6,11,17H,3-4,7,14-15H2,1-2H3. The number of pyridine rings is 1. The molecule has 0 radical (unpaired) electrons. The summed E-state index contributed by atoms with van der Waals surface area (Å²) in [6.07, 6.45) is -0.271. The SMILES string of the molecule is CCCCC(N)(O)C(F)c1nc(OC)ccc1N. The maximum atomic E-state index is 14.2. The lowest BCUT2D eigenvalue weighted by atomic mass is 9.98. The molecule has 0 saturated heterocycles. The number of methoxy groups -OCH3 is 1. The first-order valence-electron chi connectivity index (χ1n) is 5.88. The maximum absolute atomic E-state index is 14.2. The van der Waals surface area contributed by atoms with Gasteiger partial charge in [0.05, 0.1) is 12.8 Å². The smallest absolute Gasteiger partial charge is 0.213 e. The maximum Gasteiger partial charge on any atom is 0.213 e. The van der Waals surface area contributed by atoms with Gasteiger partial charge in [0.1, 0.15) is 5.69 Å².